The molecule has 1 aromatic rings. The van der Waals surface area contributed by atoms with Crippen LogP contribution >= 0.6 is 11.3 Å². The Kier molecular flexibility index (Phi) is 2.89. The van der Waals surface area contributed by atoms with Gasteiger partial charge in [0, 0.05) is 5.38 Å². The third-order valence-corrected chi connectivity index (χ3v) is 3.81. The molecule has 0 saturated carbocycles. The summed E-state index contributed by atoms with van der Waals surface area (Å²) in [4.78, 5) is 16.4. The third kappa shape index (κ3) is 2.26. The van der Waals surface area contributed by atoms with E-state index in [1.165, 1.54) is 0 Å². The summed E-state index contributed by atoms with van der Waals surface area (Å²) >= 11 is 1.60. The van der Waals surface area contributed by atoms with Gasteiger partial charge < -0.3 is 5.32 Å². The number of nitrogens with one attached hydrogen (secondary N) is 1. The number of carbonyl (C=O) groups is 1. The molecule has 1 aliphatic rings. The van der Waals surface area contributed by atoms with Gasteiger partial charge in [-0.2, -0.15) is 0 Å². The highest BCUT2D eigenvalue weighted by Gasteiger charge is 2.35. The second-order valence-corrected chi connectivity index (χ2v) is 5.38. The summed E-state index contributed by atoms with van der Waals surface area (Å²) in [6.07, 6.45) is 2.52. The summed E-state index contributed by atoms with van der Waals surface area (Å²) in [6, 6.07) is 0. The van der Waals surface area contributed by atoms with E-state index in [0.29, 0.717) is 6.42 Å². The zero-order valence-electron chi connectivity index (χ0n) is 9.17. The Bertz CT molecular complexity index is 366. The second-order valence-electron chi connectivity index (χ2n) is 4.32. The normalized spacial score (nSPS) is 25.7. The third-order valence-electron chi connectivity index (χ3n) is 2.99. The number of hydrogen-bond acceptors (Lipinski definition) is 4. The van der Waals surface area contributed by atoms with Crippen LogP contribution in [0.3, 0.4) is 0 Å². The van der Waals surface area contributed by atoms with Crippen molar-refractivity contribution in [1.29, 1.82) is 0 Å². The average Bonchev–Trinajstić information content (AvgIpc) is 2.76. The first kappa shape index (κ1) is 10.8. The summed E-state index contributed by atoms with van der Waals surface area (Å²) in [5.41, 5.74) is 0.606. The molecule has 0 spiro atoms. The molecule has 15 heavy (non-hydrogen) atoms. The predicted octanol–water partition coefficient (Wildman–Crippen LogP) is 1.71. The van der Waals surface area contributed by atoms with Crippen LogP contribution in [-0.2, 0) is 11.2 Å². The van der Waals surface area contributed by atoms with Crippen molar-refractivity contribution in [2.75, 3.05) is 6.54 Å². The maximum atomic E-state index is 12.0. The van der Waals surface area contributed by atoms with Gasteiger partial charge in [0.05, 0.1) is 22.7 Å². The van der Waals surface area contributed by atoms with E-state index in [0.717, 1.165) is 30.1 Å². The van der Waals surface area contributed by atoms with Crippen LogP contribution in [-0.4, -0.2) is 22.9 Å². The summed E-state index contributed by atoms with van der Waals surface area (Å²) < 4.78 is 0. The Balaban J connectivity index is 2.03. The van der Waals surface area contributed by atoms with Crippen molar-refractivity contribution in [1.82, 2.24) is 10.3 Å². The fraction of sp³-hybridized carbons (Fsp3) is 0.636. The van der Waals surface area contributed by atoms with E-state index in [1.54, 1.807) is 11.3 Å². The molecule has 1 aliphatic heterocycles. The van der Waals surface area contributed by atoms with Crippen LogP contribution in [0.5, 0.6) is 0 Å². The maximum Gasteiger partial charge on any atom is 0.158 e. The molecular weight excluding hydrogens is 208 g/mol. The van der Waals surface area contributed by atoms with Gasteiger partial charge in [-0.1, -0.05) is 0 Å². The Hall–Kier alpha value is -0.740. The molecule has 1 aromatic heterocycles. The molecule has 1 saturated heterocycles. The number of Topliss-reactive ketones (excluding diaryl/α,β-unsaturated/α-hetero) is 1. The van der Waals surface area contributed by atoms with Crippen LogP contribution in [0, 0.1) is 6.92 Å². The number of rotatable bonds is 3. The van der Waals surface area contributed by atoms with Crippen molar-refractivity contribution in [2.45, 2.75) is 38.6 Å². The number of aromatic nitrogens is 1. The van der Waals surface area contributed by atoms with Crippen LogP contribution < -0.4 is 5.32 Å². The molecule has 4 heteroatoms. The van der Waals surface area contributed by atoms with Gasteiger partial charge in [0.15, 0.2) is 5.78 Å². The van der Waals surface area contributed by atoms with Crippen LogP contribution in [0.4, 0.5) is 0 Å². The standard InChI is InChI=1S/C11H16N2OS/c1-8-13-9(7-15-8)6-10(14)11(2)4-3-5-12-11/h7,12H,3-6H2,1-2H3. The maximum absolute atomic E-state index is 12.0. The van der Waals surface area contributed by atoms with Crippen LogP contribution in [0.1, 0.15) is 30.5 Å². The zero-order chi connectivity index (χ0) is 10.9. The minimum atomic E-state index is -0.308. The van der Waals surface area contributed by atoms with Gasteiger partial charge >= 0.3 is 0 Å². The molecule has 0 aliphatic carbocycles. The van der Waals surface area contributed by atoms with E-state index in [-0.39, 0.29) is 11.3 Å². The second kappa shape index (κ2) is 4.02. The number of nitrogens with zero attached hydrogens (tertiary/aromatic N) is 1. The number of aryl methyl sites for hydroxylation is 1. The number of carbonyl (C=O) groups excluding carboxylic acids is 1. The molecular formula is C11H16N2OS. The van der Waals surface area contributed by atoms with Crippen molar-refractivity contribution < 1.29 is 4.79 Å². The van der Waals surface area contributed by atoms with E-state index in [2.05, 4.69) is 10.3 Å². The lowest BCUT2D eigenvalue weighted by Gasteiger charge is -2.21. The fourth-order valence-corrected chi connectivity index (χ4v) is 2.59. The van der Waals surface area contributed by atoms with Gasteiger partial charge in [-0.05, 0) is 33.2 Å². The minimum Gasteiger partial charge on any atom is -0.305 e. The molecule has 0 radical (unpaired) electrons. The zero-order valence-corrected chi connectivity index (χ0v) is 9.99. The van der Waals surface area contributed by atoms with Crippen molar-refractivity contribution in [3.8, 4) is 0 Å². The smallest absolute Gasteiger partial charge is 0.158 e. The number of thiazole rings is 1. The van der Waals surface area contributed by atoms with Gasteiger partial charge in [0.2, 0.25) is 0 Å². The largest absolute Gasteiger partial charge is 0.305 e. The molecule has 82 valence electrons. The molecule has 1 atom stereocenters. The SMILES string of the molecule is Cc1nc(CC(=O)C2(C)CCCN2)cs1. The molecule has 2 rings (SSSR count). The van der Waals surface area contributed by atoms with Gasteiger partial charge in [-0.15, -0.1) is 11.3 Å². The predicted molar refractivity (Wildman–Crippen MR) is 61.2 cm³/mol. The molecule has 1 unspecified atom stereocenters. The Labute approximate surface area is 93.9 Å². The monoisotopic (exact) mass is 224 g/mol. The summed E-state index contributed by atoms with van der Waals surface area (Å²) in [5, 5.41) is 6.29. The highest BCUT2D eigenvalue weighted by Crippen LogP contribution is 2.21. The molecule has 0 aromatic carbocycles. The van der Waals surface area contributed by atoms with Crippen molar-refractivity contribution in [2.24, 2.45) is 0 Å². The molecule has 1 N–H and O–H groups in total. The van der Waals surface area contributed by atoms with E-state index < -0.39 is 0 Å². The molecule has 1 fully saturated rings. The highest BCUT2D eigenvalue weighted by molar-refractivity contribution is 7.09. The van der Waals surface area contributed by atoms with Crippen LogP contribution in [0.15, 0.2) is 5.38 Å². The van der Waals surface area contributed by atoms with Gasteiger partial charge in [0.25, 0.3) is 0 Å². The van der Waals surface area contributed by atoms with Gasteiger partial charge in [-0.25, -0.2) is 4.98 Å². The highest BCUT2D eigenvalue weighted by atomic mass is 32.1. The fourth-order valence-electron chi connectivity index (χ4n) is 1.98. The molecule has 2 heterocycles. The first-order valence-electron chi connectivity index (χ1n) is 5.29. The summed E-state index contributed by atoms with van der Waals surface area (Å²) in [6.45, 7) is 4.92. The lowest BCUT2D eigenvalue weighted by molar-refractivity contribution is -0.123. The first-order chi connectivity index (χ1) is 7.10. The Morgan fingerprint density at radius 2 is 2.53 bits per heavy atom. The van der Waals surface area contributed by atoms with Gasteiger partial charge in [0.1, 0.15) is 0 Å². The van der Waals surface area contributed by atoms with Crippen molar-refractivity contribution in [3.63, 3.8) is 0 Å². The average molecular weight is 224 g/mol. The Morgan fingerprint density at radius 1 is 1.73 bits per heavy atom. The van der Waals surface area contributed by atoms with E-state index in [4.69, 9.17) is 0 Å². The quantitative estimate of drug-likeness (QED) is 0.849. The molecule has 0 amide bonds. The van der Waals surface area contributed by atoms with Gasteiger partial charge in [-0.3, -0.25) is 4.79 Å². The summed E-state index contributed by atoms with van der Waals surface area (Å²) in [5.74, 6) is 0.269. The Morgan fingerprint density at radius 3 is 3.07 bits per heavy atom. The molecule has 3 nitrogen and oxygen atoms in total. The van der Waals surface area contributed by atoms with Crippen molar-refractivity contribution >= 4 is 17.1 Å². The van der Waals surface area contributed by atoms with E-state index in [1.807, 2.05) is 19.2 Å². The lowest BCUT2D eigenvalue weighted by Crippen LogP contribution is -2.45. The summed E-state index contributed by atoms with van der Waals surface area (Å²) in [7, 11) is 0. The van der Waals surface area contributed by atoms with Crippen LogP contribution in [0.25, 0.3) is 0 Å². The van der Waals surface area contributed by atoms with Crippen LogP contribution in [0.2, 0.25) is 0 Å². The number of ketones is 1. The number of hydrogen-bond donors (Lipinski definition) is 1. The first-order valence-corrected chi connectivity index (χ1v) is 6.17. The molecule has 0 bridgehead atoms. The van der Waals surface area contributed by atoms with Crippen molar-refractivity contribution in [3.05, 3.63) is 16.1 Å². The lowest BCUT2D eigenvalue weighted by atomic mass is 9.92. The topological polar surface area (TPSA) is 42.0 Å². The minimum absolute atomic E-state index is 0.269. The van der Waals surface area contributed by atoms with E-state index in [9.17, 15) is 4.79 Å². The van der Waals surface area contributed by atoms with E-state index >= 15 is 0 Å².